The minimum atomic E-state index is -0.110. The van der Waals surface area contributed by atoms with Crippen LogP contribution in [-0.4, -0.2) is 42.2 Å². The van der Waals surface area contributed by atoms with Gasteiger partial charge in [0.15, 0.2) is 11.5 Å². The van der Waals surface area contributed by atoms with Crippen LogP contribution in [0.4, 0.5) is 0 Å². The monoisotopic (exact) mass is 624 g/mol. The maximum absolute atomic E-state index is 13.9. The molecule has 2 heterocycles. The van der Waals surface area contributed by atoms with Gasteiger partial charge >= 0.3 is 0 Å². The lowest BCUT2D eigenvalue weighted by Gasteiger charge is -2.14. The molecule has 0 saturated heterocycles. The Morgan fingerprint density at radius 3 is 2.30 bits per heavy atom. The lowest BCUT2D eigenvalue weighted by Crippen LogP contribution is -2.24. The van der Waals surface area contributed by atoms with Gasteiger partial charge in [0.25, 0.3) is 5.91 Å². The third-order valence-corrected chi connectivity index (χ3v) is 8.97. The number of amides is 1. The Morgan fingerprint density at radius 2 is 1.57 bits per heavy atom. The number of hydrogen-bond acceptors (Lipinski definition) is 6. The Hall–Kier alpha value is -5.63. The summed E-state index contributed by atoms with van der Waals surface area (Å²) in [5.74, 6) is 2.43. The van der Waals surface area contributed by atoms with Gasteiger partial charge in [0.05, 0.1) is 49.1 Å². The number of carbonyl (C=O) groups is 1. The number of allylic oxidation sites excluding steroid dienone is 1. The molecule has 8 nitrogen and oxygen atoms in total. The molecule has 1 amide bonds. The number of pyridine rings is 1. The number of aromatic amines is 1. The molecule has 0 radical (unpaired) electrons. The van der Waals surface area contributed by atoms with Crippen molar-refractivity contribution in [1.82, 2.24) is 20.3 Å². The normalized spacial score (nSPS) is 13.3. The van der Waals surface area contributed by atoms with Crippen LogP contribution in [0.1, 0.15) is 50.3 Å². The van der Waals surface area contributed by atoms with E-state index in [2.05, 4.69) is 42.4 Å². The summed E-state index contributed by atoms with van der Waals surface area (Å²) in [4.78, 5) is 27.2. The van der Waals surface area contributed by atoms with E-state index >= 15 is 0 Å². The number of hydrogen-bond donors (Lipinski definition) is 2. The van der Waals surface area contributed by atoms with Crippen LogP contribution in [0, 0.1) is 13.8 Å². The molecule has 2 aromatic heterocycles. The first-order valence-corrected chi connectivity index (χ1v) is 15.6. The number of carbonyl (C=O) groups excluding carboxylic acids is 1. The van der Waals surface area contributed by atoms with Crippen LogP contribution < -0.4 is 19.5 Å². The fourth-order valence-electron chi connectivity index (χ4n) is 6.38. The van der Waals surface area contributed by atoms with E-state index in [1.165, 1.54) is 11.1 Å². The summed E-state index contributed by atoms with van der Waals surface area (Å²) in [6, 6.07) is 24.1. The summed E-state index contributed by atoms with van der Waals surface area (Å²) in [5.41, 5.74) is 11.7. The molecule has 7 rings (SSSR count). The van der Waals surface area contributed by atoms with E-state index < -0.39 is 0 Å². The molecule has 1 aliphatic rings. The summed E-state index contributed by atoms with van der Waals surface area (Å²) in [6.45, 7) is 4.61. The number of nitrogens with one attached hydrogen (secondary N) is 2. The van der Waals surface area contributed by atoms with Crippen molar-refractivity contribution in [1.29, 1.82) is 0 Å². The Bertz CT molecular complexity index is 2130. The highest BCUT2D eigenvalue weighted by molar-refractivity contribution is 6.09. The molecule has 2 N–H and O–H groups in total. The quantitative estimate of drug-likeness (QED) is 0.179. The van der Waals surface area contributed by atoms with E-state index in [0.29, 0.717) is 29.4 Å². The maximum Gasteiger partial charge on any atom is 0.252 e. The molecule has 47 heavy (non-hydrogen) atoms. The molecule has 0 unspecified atom stereocenters. The largest absolute Gasteiger partial charge is 0.493 e. The zero-order valence-electron chi connectivity index (χ0n) is 27.2. The molecule has 0 aliphatic heterocycles. The molecular formula is C39H36N4O4. The van der Waals surface area contributed by atoms with Crippen molar-refractivity contribution in [3.05, 3.63) is 112 Å². The van der Waals surface area contributed by atoms with Crippen molar-refractivity contribution in [2.45, 2.75) is 33.2 Å². The van der Waals surface area contributed by atoms with Crippen molar-refractivity contribution in [2.75, 3.05) is 21.3 Å². The number of aryl methyl sites for hydroxylation is 2. The second kappa shape index (κ2) is 12.3. The van der Waals surface area contributed by atoms with Crippen LogP contribution in [0.5, 0.6) is 17.2 Å². The molecule has 236 valence electrons. The summed E-state index contributed by atoms with van der Waals surface area (Å²) < 4.78 is 16.6. The third-order valence-electron chi connectivity index (χ3n) is 8.97. The maximum atomic E-state index is 13.9. The number of rotatable bonds is 8. The van der Waals surface area contributed by atoms with Crippen molar-refractivity contribution >= 4 is 39.5 Å². The van der Waals surface area contributed by atoms with Gasteiger partial charge in [-0.05, 0) is 96.5 Å². The number of para-hydroxylation sites is 1. The van der Waals surface area contributed by atoms with Crippen LogP contribution in [0.15, 0.2) is 72.8 Å². The molecule has 0 fully saturated rings. The lowest BCUT2D eigenvalue weighted by atomic mass is 9.99. The van der Waals surface area contributed by atoms with E-state index in [0.717, 1.165) is 74.1 Å². The van der Waals surface area contributed by atoms with Crippen LogP contribution >= 0.6 is 0 Å². The van der Waals surface area contributed by atoms with Crippen LogP contribution in [0.25, 0.3) is 45.0 Å². The smallest absolute Gasteiger partial charge is 0.252 e. The van der Waals surface area contributed by atoms with Crippen LogP contribution in [-0.2, 0) is 13.0 Å². The third kappa shape index (κ3) is 5.56. The first-order chi connectivity index (χ1) is 22.9. The van der Waals surface area contributed by atoms with Gasteiger partial charge in [-0.25, -0.2) is 9.97 Å². The fraction of sp³-hybridized carbons (Fsp3) is 0.205. The molecule has 8 heteroatoms. The van der Waals surface area contributed by atoms with Crippen LogP contribution in [0.2, 0.25) is 0 Å². The Balaban J connectivity index is 1.16. The average molecular weight is 625 g/mol. The fourth-order valence-corrected chi connectivity index (χ4v) is 6.38. The van der Waals surface area contributed by atoms with Gasteiger partial charge in [-0.2, -0.15) is 0 Å². The van der Waals surface area contributed by atoms with Gasteiger partial charge in [0.1, 0.15) is 5.82 Å². The molecule has 4 aromatic carbocycles. The van der Waals surface area contributed by atoms with E-state index in [1.807, 2.05) is 60.7 Å². The Morgan fingerprint density at radius 1 is 0.851 bits per heavy atom. The van der Waals surface area contributed by atoms with Crippen molar-refractivity contribution in [3.8, 4) is 28.6 Å². The minimum absolute atomic E-state index is 0.110. The van der Waals surface area contributed by atoms with Gasteiger partial charge < -0.3 is 24.5 Å². The SMILES string of the molecule is COc1cc(/C=C2\CCc3c2nc2ccccc2c3C(=O)NCc2ccc(-c3nc4cc(C)c(C)cc4[nH]3)cc2)cc(OC)c1OC. The van der Waals surface area contributed by atoms with Gasteiger partial charge in [0.2, 0.25) is 5.75 Å². The van der Waals surface area contributed by atoms with Gasteiger partial charge in [0, 0.05) is 17.5 Å². The van der Waals surface area contributed by atoms with Crippen molar-refractivity contribution in [2.24, 2.45) is 0 Å². The zero-order chi connectivity index (χ0) is 32.7. The predicted molar refractivity (Wildman–Crippen MR) is 186 cm³/mol. The summed E-state index contributed by atoms with van der Waals surface area (Å²) >= 11 is 0. The second-order valence-electron chi connectivity index (χ2n) is 11.9. The number of H-pyrrole nitrogens is 1. The van der Waals surface area contributed by atoms with Gasteiger partial charge in [-0.1, -0.05) is 42.5 Å². The number of aromatic nitrogens is 3. The van der Waals surface area contributed by atoms with Crippen molar-refractivity contribution < 1.29 is 19.0 Å². The highest BCUT2D eigenvalue weighted by Crippen LogP contribution is 2.41. The Kier molecular flexibility index (Phi) is 7.85. The molecular weight excluding hydrogens is 588 g/mol. The van der Waals surface area contributed by atoms with Gasteiger partial charge in [-0.3, -0.25) is 4.79 Å². The number of methoxy groups -OCH3 is 3. The summed E-state index contributed by atoms with van der Waals surface area (Å²) in [7, 11) is 4.80. The summed E-state index contributed by atoms with van der Waals surface area (Å²) in [6.07, 6.45) is 3.57. The molecule has 1 aliphatic carbocycles. The van der Waals surface area contributed by atoms with Gasteiger partial charge in [-0.15, -0.1) is 0 Å². The van der Waals surface area contributed by atoms with E-state index in [4.69, 9.17) is 24.2 Å². The predicted octanol–water partition coefficient (Wildman–Crippen LogP) is 7.84. The van der Waals surface area contributed by atoms with E-state index in [1.54, 1.807) is 21.3 Å². The molecule has 0 atom stereocenters. The van der Waals surface area contributed by atoms with Crippen molar-refractivity contribution in [3.63, 3.8) is 0 Å². The molecule has 0 saturated carbocycles. The molecule has 0 spiro atoms. The number of ether oxygens (including phenoxy) is 3. The number of fused-ring (bicyclic) bond motifs is 3. The Labute approximate surface area is 273 Å². The lowest BCUT2D eigenvalue weighted by molar-refractivity contribution is 0.0951. The highest BCUT2D eigenvalue weighted by atomic mass is 16.5. The number of benzene rings is 4. The zero-order valence-corrected chi connectivity index (χ0v) is 27.2. The van der Waals surface area contributed by atoms with E-state index in [9.17, 15) is 4.79 Å². The minimum Gasteiger partial charge on any atom is -0.493 e. The standard InChI is InChI=1S/C39H36N4O4/c1-22-16-31-32(17-23(22)2)43-38(42-31)26-12-10-24(11-13-26)21-40-39(44)35-28-8-6-7-9-30(28)41-36-27(14-15-29(35)36)18-25-19-33(45-3)37(47-5)34(20-25)46-4/h6-13,16-20H,14-15,21H2,1-5H3,(H,40,44)(H,42,43)/b27-18+. The average Bonchev–Trinajstić information content (AvgIpc) is 3.69. The second-order valence-corrected chi connectivity index (χ2v) is 11.9. The molecule has 0 bridgehead atoms. The summed E-state index contributed by atoms with van der Waals surface area (Å²) in [5, 5.41) is 4.03. The number of nitrogens with zero attached hydrogens (tertiary/aromatic N) is 2. The first kappa shape index (κ1) is 30.0. The topological polar surface area (TPSA) is 98.4 Å². The highest BCUT2D eigenvalue weighted by Gasteiger charge is 2.27. The number of imidazole rings is 1. The first-order valence-electron chi connectivity index (χ1n) is 15.6. The van der Waals surface area contributed by atoms with Crippen LogP contribution in [0.3, 0.4) is 0 Å². The molecule has 6 aromatic rings. The van der Waals surface area contributed by atoms with E-state index in [-0.39, 0.29) is 5.91 Å².